The Morgan fingerprint density at radius 1 is 0.733 bits per heavy atom. The number of carbonyl (C=O) groups is 4. The molecule has 3 aromatic carbocycles. The normalized spacial score (nSPS) is 23.7. The minimum absolute atomic E-state index is 0.0796. The zero-order valence-electron chi connectivity index (χ0n) is 34.1. The minimum Gasteiger partial charge on any atom is -0.465 e. The maximum atomic E-state index is 13.8. The molecule has 4 amide bonds. The van der Waals surface area contributed by atoms with Gasteiger partial charge in [-0.2, -0.15) is 0 Å². The molecular formula is C45H49ClN8O6. The number of H-pyrrole nitrogens is 2. The lowest BCUT2D eigenvalue weighted by atomic mass is 9.98. The molecule has 0 bridgehead atoms. The van der Waals surface area contributed by atoms with E-state index < -0.39 is 24.3 Å². The number of carboxylic acid groups (broad SMARTS) is 1. The number of aromatic amines is 2. The largest absolute Gasteiger partial charge is 0.465 e. The van der Waals surface area contributed by atoms with Crippen molar-refractivity contribution in [1.29, 1.82) is 0 Å². The topological polar surface area (TPSA) is 186 Å². The lowest BCUT2D eigenvalue weighted by Crippen LogP contribution is -2.52. The first kappa shape index (κ1) is 39.6. The molecule has 2 aliphatic carbocycles. The van der Waals surface area contributed by atoms with Gasteiger partial charge in [0.1, 0.15) is 34.6 Å². The summed E-state index contributed by atoms with van der Waals surface area (Å²) in [5, 5.41) is 17.0. The number of methoxy groups -OCH3 is 1. The summed E-state index contributed by atoms with van der Waals surface area (Å²) >= 11 is 6.78. The van der Waals surface area contributed by atoms with Crippen LogP contribution < -0.4 is 10.6 Å². The van der Waals surface area contributed by atoms with E-state index in [4.69, 9.17) is 26.3 Å². The highest BCUT2D eigenvalue weighted by Crippen LogP contribution is 2.55. The molecule has 4 aliphatic rings. The van der Waals surface area contributed by atoms with Crippen molar-refractivity contribution in [1.82, 2.24) is 40.4 Å². The second-order valence-corrected chi connectivity index (χ2v) is 17.8. The number of alkyl carbamates (subject to hydrolysis) is 1. The van der Waals surface area contributed by atoms with Crippen LogP contribution in [0.3, 0.4) is 0 Å². The highest BCUT2D eigenvalue weighted by molar-refractivity contribution is 6.32. The Balaban J connectivity index is 0.896. The monoisotopic (exact) mass is 832 g/mol. The molecule has 2 unspecified atom stereocenters. The van der Waals surface area contributed by atoms with Gasteiger partial charge in [-0.15, -0.1) is 0 Å². The van der Waals surface area contributed by atoms with Crippen LogP contribution in [0.5, 0.6) is 0 Å². The van der Waals surface area contributed by atoms with Crippen LogP contribution in [0.2, 0.25) is 5.15 Å². The van der Waals surface area contributed by atoms with E-state index in [-0.39, 0.29) is 47.8 Å². The van der Waals surface area contributed by atoms with Crippen LogP contribution in [0.1, 0.15) is 77.1 Å². The standard InChI is InChI=1S/C45H49ClN8O6/c1-21(2)36(50-44(57)58)42(55)54-33-17-30(33)19-35(54)41-49-38(39(46)52-41)28-13-12-26-14-25(10-11-27(26)15-28)23-6-8-24(9-7-23)31-20-47-40(48-31)34-18-29-16-32(29)53(34)43(56)37(22(3)4)51-45(59)60-5/h6-15,20-22,29-30,32-37,50H,16-19H2,1-5H3,(H,47,48)(H,49,52)(H,51,59)(H,57,58)/t29-,30-,32-,33-,34+,35+,36?,37?/m1/s1. The Bertz CT molecular complexity index is 2500. The van der Waals surface area contributed by atoms with Crippen molar-refractivity contribution in [3.63, 3.8) is 0 Å². The maximum absolute atomic E-state index is 13.8. The summed E-state index contributed by atoms with van der Waals surface area (Å²) in [4.78, 5) is 71.2. The van der Waals surface area contributed by atoms with E-state index in [1.165, 1.54) is 7.11 Å². The molecule has 0 spiro atoms. The molecule has 60 heavy (non-hydrogen) atoms. The quantitative estimate of drug-likeness (QED) is 0.0888. The third kappa shape index (κ3) is 7.24. The van der Waals surface area contributed by atoms with Gasteiger partial charge in [0.15, 0.2) is 0 Å². The number of hydrogen-bond donors (Lipinski definition) is 5. The molecule has 9 rings (SSSR count). The van der Waals surface area contributed by atoms with Crippen LogP contribution in [0, 0.1) is 23.7 Å². The number of aromatic nitrogens is 4. The van der Waals surface area contributed by atoms with Crippen LogP contribution in [0.4, 0.5) is 9.59 Å². The predicted octanol–water partition coefficient (Wildman–Crippen LogP) is 7.94. The molecule has 15 heteroatoms. The van der Waals surface area contributed by atoms with Gasteiger partial charge < -0.3 is 40.2 Å². The van der Waals surface area contributed by atoms with E-state index in [0.29, 0.717) is 28.5 Å². The Morgan fingerprint density at radius 3 is 1.85 bits per heavy atom. The fourth-order valence-electron chi connectivity index (χ4n) is 9.49. The first-order valence-electron chi connectivity index (χ1n) is 20.7. The second-order valence-electron chi connectivity index (χ2n) is 17.5. The van der Waals surface area contributed by atoms with Crippen LogP contribution in [-0.4, -0.2) is 90.1 Å². The van der Waals surface area contributed by atoms with Crippen LogP contribution in [0.15, 0.2) is 66.9 Å². The van der Waals surface area contributed by atoms with E-state index >= 15 is 0 Å². The number of carbonyl (C=O) groups excluding carboxylic acids is 3. The average Bonchev–Trinajstić information content (AvgIpc) is 3.88. The van der Waals surface area contributed by atoms with Gasteiger partial charge in [-0.05, 0) is 89.0 Å². The molecular weight excluding hydrogens is 784 g/mol. The predicted molar refractivity (Wildman–Crippen MR) is 226 cm³/mol. The number of rotatable bonds is 11. The number of imidazole rings is 2. The first-order chi connectivity index (χ1) is 28.8. The molecule has 8 atom stereocenters. The molecule has 0 radical (unpaired) electrons. The number of benzene rings is 3. The van der Waals surface area contributed by atoms with Crippen molar-refractivity contribution in [2.24, 2.45) is 23.7 Å². The fraction of sp³-hybridized carbons (Fsp3) is 0.422. The molecule has 2 aromatic heterocycles. The maximum Gasteiger partial charge on any atom is 0.407 e. The Kier molecular flexibility index (Phi) is 10.1. The van der Waals surface area contributed by atoms with Crippen molar-refractivity contribution in [3.8, 4) is 33.6 Å². The number of likely N-dealkylation sites (tertiary alicyclic amines) is 2. The molecule has 2 aliphatic heterocycles. The number of nitrogens with zero attached hydrogens (tertiary/aromatic N) is 4. The summed E-state index contributed by atoms with van der Waals surface area (Å²) < 4.78 is 4.80. The smallest absolute Gasteiger partial charge is 0.407 e. The summed E-state index contributed by atoms with van der Waals surface area (Å²) in [6, 6.07) is 19.0. The molecule has 2 saturated heterocycles. The number of fused-ring (bicyclic) bond motifs is 3. The van der Waals surface area contributed by atoms with Gasteiger partial charge in [0, 0.05) is 17.6 Å². The zero-order valence-corrected chi connectivity index (χ0v) is 34.9. The van der Waals surface area contributed by atoms with Crippen molar-refractivity contribution >= 4 is 46.4 Å². The van der Waals surface area contributed by atoms with Gasteiger partial charge >= 0.3 is 12.2 Å². The number of hydrogen-bond acceptors (Lipinski definition) is 7. The van der Waals surface area contributed by atoms with Gasteiger partial charge in [0.25, 0.3) is 0 Å². The number of piperidine rings is 2. The van der Waals surface area contributed by atoms with Crippen LogP contribution >= 0.6 is 11.6 Å². The van der Waals surface area contributed by atoms with E-state index in [1.54, 1.807) is 0 Å². The average molecular weight is 833 g/mol. The third-order valence-electron chi connectivity index (χ3n) is 12.9. The highest BCUT2D eigenvalue weighted by atomic mass is 35.5. The van der Waals surface area contributed by atoms with E-state index in [0.717, 1.165) is 70.2 Å². The van der Waals surface area contributed by atoms with Gasteiger partial charge in [-0.1, -0.05) is 87.8 Å². The number of halogens is 1. The van der Waals surface area contributed by atoms with Crippen LogP contribution in [-0.2, 0) is 14.3 Å². The zero-order chi connectivity index (χ0) is 42.1. The Morgan fingerprint density at radius 2 is 1.27 bits per heavy atom. The number of amides is 4. The van der Waals surface area contributed by atoms with E-state index in [2.05, 4.69) is 75.2 Å². The van der Waals surface area contributed by atoms with Gasteiger partial charge in [0.05, 0.1) is 31.1 Å². The molecule has 2 saturated carbocycles. The molecule has 5 N–H and O–H groups in total. The number of nitrogens with one attached hydrogen (secondary N) is 4. The summed E-state index contributed by atoms with van der Waals surface area (Å²) in [5.41, 5.74) is 5.41. The second kappa shape index (κ2) is 15.3. The highest BCUT2D eigenvalue weighted by Gasteiger charge is 2.57. The Hall–Kier alpha value is -5.89. The molecule has 312 valence electrons. The van der Waals surface area contributed by atoms with Gasteiger partial charge in [0.2, 0.25) is 11.8 Å². The lowest BCUT2D eigenvalue weighted by molar-refractivity contribution is -0.137. The lowest BCUT2D eigenvalue weighted by Gasteiger charge is -2.31. The third-order valence-corrected chi connectivity index (χ3v) is 13.1. The first-order valence-corrected chi connectivity index (χ1v) is 21.1. The summed E-state index contributed by atoms with van der Waals surface area (Å²) in [6.45, 7) is 7.51. The van der Waals surface area contributed by atoms with Gasteiger partial charge in [-0.25, -0.2) is 19.6 Å². The summed E-state index contributed by atoms with van der Waals surface area (Å²) in [5.74, 6) is 1.51. The van der Waals surface area contributed by atoms with Crippen molar-refractivity contribution < 1.29 is 29.0 Å². The fourth-order valence-corrected chi connectivity index (χ4v) is 9.74. The van der Waals surface area contributed by atoms with Crippen molar-refractivity contribution in [2.75, 3.05) is 7.11 Å². The number of ether oxygens (including phenoxy) is 1. The van der Waals surface area contributed by atoms with E-state index in [1.807, 2.05) is 49.8 Å². The van der Waals surface area contributed by atoms with E-state index in [9.17, 15) is 24.3 Å². The Labute approximate surface area is 352 Å². The minimum atomic E-state index is -1.22. The SMILES string of the molecule is COC(=O)NC(C(=O)N1[C@@H]2C[C@@H]2C[C@H]1c1ncc(-c2ccc(-c3ccc4cc(-c5nc([C@@H]6C[C@H]7C[C@H]7N6C(=O)C(NC(=O)O)C(C)C)[nH]c5Cl)ccc4c3)cc2)[nH]1)C(C)C. The molecule has 5 aromatic rings. The van der Waals surface area contributed by atoms with Crippen molar-refractivity contribution in [3.05, 3.63) is 83.7 Å². The molecule has 4 heterocycles. The molecule has 14 nitrogen and oxygen atoms in total. The van der Waals surface area contributed by atoms with Crippen LogP contribution in [0.25, 0.3) is 44.4 Å². The van der Waals surface area contributed by atoms with Crippen molar-refractivity contribution in [2.45, 2.75) is 89.6 Å². The summed E-state index contributed by atoms with van der Waals surface area (Å²) in [6.07, 6.45) is 3.45. The summed E-state index contributed by atoms with van der Waals surface area (Å²) in [7, 11) is 1.30. The molecule has 4 fully saturated rings. The van der Waals surface area contributed by atoms with Gasteiger partial charge in [-0.3, -0.25) is 9.59 Å².